The predicted molar refractivity (Wildman–Crippen MR) is 89.2 cm³/mol. The van der Waals surface area contributed by atoms with Crippen molar-refractivity contribution in [2.75, 3.05) is 13.6 Å². The number of carbonyl (C=O) groups excluding carboxylic acids is 2. The Hall–Kier alpha value is -2.64. The summed E-state index contributed by atoms with van der Waals surface area (Å²) in [6, 6.07) is -0.250. The summed E-state index contributed by atoms with van der Waals surface area (Å²) in [5.74, 6) is -0.318. The first-order valence-corrected chi connectivity index (χ1v) is 8.49. The van der Waals surface area contributed by atoms with Gasteiger partial charge >= 0.3 is 0 Å². The van der Waals surface area contributed by atoms with Crippen molar-refractivity contribution in [2.45, 2.75) is 32.5 Å². The molecule has 0 N–H and O–H groups in total. The number of fused-ring (bicyclic) bond motifs is 1. The minimum atomic E-state index is -0.366. The summed E-state index contributed by atoms with van der Waals surface area (Å²) in [4.78, 5) is 33.3. The lowest BCUT2D eigenvalue weighted by Crippen LogP contribution is -2.42. The van der Waals surface area contributed by atoms with Crippen LogP contribution in [0, 0.1) is 12.8 Å². The number of hydrogen-bond acceptors (Lipinski definition) is 4. The molecule has 2 amide bonds. The molecule has 1 fully saturated rings. The van der Waals surface area contributed by atoms with E-state index in [1.54, 1.807) is 35.4 Å². The van der Waals surface area contributed by atoms with E-state index in [1.807, 2.05) is 18.9 Å². The number of nitrogens with zero attached hydrogens (tertiary/aromatic N) is 6. The van der Waals surface area contributed by atoms with Crippen molar-refractivity contribution in [3.05, 3.63) is 35.7 Å². The molecule has 4 rings (SSSR count). The van der Waals surface area contributed by atoms with Crippen LogP contribution in [0.4, 0.5) is 0 Å². The van der Waals surface area contributed by atoms with Gasteiger partial charge in [-0.25, -0.2) is 4.98 Å². The molecule has 2 atom stereocenters. The van der Waals surface area contributed by atoms with Gasteiger partial charge in [-0.1, -0.05) is 0 Å². The number of amides is 2. The Morgan fingerprint density at radius 1 is 1.24 bits per heavy atom. The number of imidazole rings is 1. The number of hydrogen-bond donors (Lipinski definition) is 0. The Morgan fingerprint density at radius 2 is 2.04 bits per heavy atom. The second-order valence-electron chi connectivity index (χ2n) is 6.91. The Kier molecular flexibility index (Phi) is 3.63. The highest BCUT2D eigenvalue weighted by Gasteiger charge is 2.45. The van der Waals surface area contributed by atoms with Crippen molar-refractivity contribution in [1.82, 2.24) is 29.1 Å². The maximum Gasteiger partial charge on any atom is 0.229 e. The van der Waals surface area contributed by atoms with Crippen LogP contribution in [0.15, 0.2) is 18.7 Å². The molecule has 2 aliphatic rings. The molecule has 1 saturated heterocycles. The molecule has 0 bridgehead atoms. The van der Waals surface area contributed by atoms with Crippen LogP contribution >= 0.6 is 0 Å². The maximum absolute atomic E-state index is 13.2. The fourth-order valence-electron chi connectivity index (χ4n) is 3.93. The van der Waals surface area contributed by atoms with Crippen LogP contribution in [0.1, 0.15) is 29.4 Å². The van der Waals surface area contributed by atoms with Gasteiger partial charge in [-0.05, 0) is 6.92 Å². The molecule has 2 aromatic heterocycles. The highest BCUT2D eigenvalue weighted by molar-refractivity contribution is 5.90. The molecule has 0 saturated carbocycles. The largest absolute Gasteiger partial charge is 0.338 e. The summed E-state index contributed by atoms with van der Waals surface area (Å²) >= 11 is 0. The first-order chi connectivity index (χ1) is 12.0. The van der Waals surface area contributed by atoms with E-state index in [0.29, 0.717) is 13.1 Å². The van der Waals surface area contributed by atoms with Crippen LogP contribution in [0.5, 0.6) is 0 Å². The monoisotopic (exact) mass is 342 g/mol. The zero-order chi connectivity index (χ0) is 17.7. The van der Waals surface area contributed by atoms with E-state index in [4.69, 9.17) is 0 Å². The molecule has 0 unspecified atom stereocenters. The van der Waals surface area contributed by atoms with Crippen LogP contribution < -0.4 is 0 Å². The van der Waals surface area contributed by atoms with Gasteiger partial charge in [-0.2, -0.15) is 5.10 Å². The van der Waals surface area contributed by atoms with Crippen LogP contribution in [0.25, 0.3) is 0 Å². The first kappa shape index (κ1) is 15.9. The quantitative estimate of drug-likeness (QED) is 0.796. The molecular formula is C17H22N6O2. The van der Waals surface area contributed by atoms with E-state index in [-0.39, 0.29) is 30.2 Å². The second kappa shape index (κ2) is 5.72. The predicted octanol–water partition coefficient (Wildman–Crippen LogP) is 0.487. The number of aromatic nitrogens is 4. The summed E-state index contributed by atoms with van der Waals surface area (Å²) in [7, 11) is 3.65. The van der Waals surface area contributed by atoms with Gasteiger partial charge < -0.3 is 14.4 Å². The Bertz CT molecular complexity index is 838. The van der Waals surface area contributed by atoms with Crippen molar-refractivity contribution in [3.63, 3.8) is 0 Å². The average Bonchev–Trinajstić information content (AvgIpc) is 3.27. The first-order valence-electron chi connectivity index (χ1n) is 8.49. The van der Waals surface area contributed by atoms with Crippen LogP contribution in [0.3, 0.4) is 0 Å². The smallest absolute Gasteiger partial charge is 0.229 e. The van der Waals surface area contributed by atoms with Crippen LogP contribution in [0.2, 0.25) is 0 Å². The van der Waals surface area contributed by atoms with E-state index in [0.717, 1.165) is 23.5 Å². The third-order valence-corrected chi connectivity index (χ3v) is 5.57. The van der Waals surface area contributed by atoms with Gasteiger partial charge in [0, 0.05) is 51.1 Å². The average molecular weight is 342 g/mol. The molecule has 4 heterocycles. The molecule has 2 aromatic rings. The van der Waals surface area contributed by atoms with E-state index in [2.05, 4.69) is 14.6 Å². The molecule has 0 radical (unpaired) electrons. The topological polar surface area (TPSA) is 76.3 Å². The number of likely N-dealkylation sites (tertiary alicyclic amines) is 1. The van der Waals surface area contributed by atoms with Gasteiger partial charge in [0.05, 0.1) is 36.7 Å². The van der Waals surface area contributed by atoms with Crippen molar-refractivity contribution in [1.29, 1.82) is 0 Å². The normalized spacial score (nSPS) is 23.2. The fourth-order valence-corrected chi connectivity index (χ4v) is 3.93. The van der Waals surface area contributed by atoms with E-state index >= 15 is 0 Å². The van der Waals surface area contributed by atoms with Crippen molar-refractivity contribution >= 4 is 11.8 Å². The third-order valence-electron chi connectivity index (χ3n) is 5.57. The van der Waals surface area contributed by atoms with E-state index in [1.165, 1.54) is 0 Å². The molecule has 2 aliphatic heterocycles. The zero-order valence-corrected chi connectivity index (χ0v) is 14.7. The summed E-state index contributed by atoms with van der Waals surface area (Å²) in [5.41, 5.74) is 2.98. The lowest BCUT2D eigenvalue weighted by Gasteiger charge is -2.32. The molecule has 25 heavy (non-hydrogen) atoms. The van der Waals surface area contributed by atoms with Gasteiger partial charge in [0.25, 0.3) is 0 Å². The number of aryl methyl sites for hydroxylation is 1. The van der Waals surface area contributed by atoms with Gasteiger partial charge in [0.2, 0.25) is 11.8 Å². The molecule has 0 aromatic carbocycles. The minimum absolute atomic E-state index is 0.00801. The summed E-state index contributed by atoms with van der Waals surface area (Å²) in [5, 5.41) is 4.29. The van der Waals surface area contributed by atoms with Gasteiger partial charge in [0.15, 0.2) is 0 Å². The molecule has 132 valence electrons. The van der Waals surface area contributed by atoms with Crippen molar-refractivity contribution in [3.8, 4) is 0 Å². The zero-order valence-electron chi connectivity index (χ0n) is 14.7. The maximum atomic E-state index is 13.2. The standard InChI is InChI=1S/C17H22N6O2/c1-11-14(8-19-21(11)3)16-13(6-15(24)20(16)2)17(25)22-4-5-23-10-18-7-12(23)9-22/h7-8,10,13,16H,4-6,9H2,1-3H3/t13-,16-/m0/s1. The third kappa shape index (κ3) is 2.43. The van der Waals surface area contributed by atoms with E-state index in [9.17, 15) is 9.59 Å². The molecule has 0 aliphatic carbocycles. The van der Waals surface area contributed by atoms with Gasteiger partial charge in [-0.15, -0.1) is 0 Å². The highest BCUT2D eigenvalue weighted by atomic mass is 16.2. The summed E-state index contributed by atoms with van der Waals surface area (Å²) < 4.78 is 3.85. The molecular weight excluding hydrogens is 320 g/mol. The number of carbonyl (C=O) groups is 2. The second-order valence-corrected chi connectivity index (χ2v) is 6.91. The Morgan fingerprint density at radius 3 is 2.76 bits per heavy atom. The summed E-state index contributed by atoms with van der Waals surface area (Å²) in [6.45, 7) is 3.91. The minimum Gasteiger partial charge on any atom is -0.338 e. The Labute approximate surface area is 146 Å². The molecule has 8 heteroatoms. The Balaban J connectivity index is 1.62. The summed E-state index contributed by atoms with van der Waals surface area (Å²) in [6.07, 6.45) is 5.63. The van der Waals surface area contributed by atoms with Gasteiger partial charge in [0.1, 0.15) is 0 Å². The fraction of sp³-hybridized carbons (Fsp3) is 0.529. The molecule has 0 spiro atoms. The SMILES string of the molecule is Cc1c([C@@H]2[C@@H](C(=O)N3CCn4cncc4C3)CC(=O)N2C)cnn1C. The lowest BCUT2D eigenvalue weighted by molar-refractivity contribution is -0.138. The van der Waals surface area contributed by atoms with Crippen LogP contribution in [-0.4, -0.2) is 54.5 Å². The van der Waals surface area contributed by atoms with Crippen molar-refractivity contribution in [2.24, 2.45) is 13.0 Å². The van der Waals surface area contributed by atoms with Crippen LogP contribution in [-0.2, 0) is 29.7 Å². The number of rotatable bonds is 2. The van der Waals surface area contributed by atoms with Gasteiger partial charge in [-0.3, -0.25) is 14.3 Å². The highest BCUT2D eigenvalue weighted by Crippen LogP contribution is 2.39. The van der Waals surface area contributed by atoms with E-state index < -0.39 is 0 Å². The lowest BCUT2D eigenvalue weighted by atomic mass is 9.92. The van der Waals surface area contributed by atoms with Crippen molar-refractivity contribution < 1.29 is 9.59 Å². The molecule has 8 nitrogen and oxygen atoms in total.